The van der Waals surface area contributed by atoms with E-state index in [-0.39, 0.29) is 23.5 Å². The second kappa shape index (κ2) is 8.07. The lowest BCUT2D eigenvalue weighted by Crippen LogP contribution is -2.56. The van der Waals surface area contributed by atoms with Gasteiger partial charge in [-0.2, -0.15) is 0 Å². The summed E-state index contributed by atoms with van der Waals surface area (Å²) in [5, 5.41) is 0. The maximum atomic E-state index is 13.1. The van der Waals surface area contributed by atoms with Crippen molar-refractivity contribution >= 4 is 11.9 Å². The van der Waals surface area contributed by atoms with E-state index in [4.69, 9.17) is 14.2 Å². The van der Waals surface area contributed by atoms with Crippen LogP contribution in [-0.2, 0) is 23.8 Å². The first-order chi connectivity index (χ1) is 11.8. The second-order valence-corrected chi connectivity index (χ2v) is 8.47. The van der Waals surface area contributed by atoms with E-state index in [2.05, 4.69) is 20.8 Å². The zero-order valence-corrected chi connectivity index (χ0v) is 16.4. The van der Waals surface area contributed by atoms with Crippen molar-refractivity contribution in [2.24, 2.45) is 16.7 Å². The third-order valence-electron chi connectivity index (χ3n) is 5.43. The van der Waals surface area contributed by atoms with Crippen molar-refractivity contribution in [1.82, 2.24) is 0 Å². The fourth-order valence-electron chi connectivity index (χ4n) is 4.14. The van der Waals surface area contributed by atoms with E-state index in [0.717, 1.165) is 25.7 Å². The third-order valence-corrected chi connectivity index (χ3v) is 5.43. The summed E-state index contributed by atoms with van der Waals surface area (Å²) in [5.74, 6) is -1.06. The molecule has 1 saturated heterocycles. The molecule has 1 aliphatic heterocycles. The van der Waals surface area contributed by atoms with Crippen LogP contribution in [0.2, 0.25) is 0 Å². The van der Waals surface area contributed by atoms with Gasteiger partial charge in [0.05, 0.1) is 25.4 Å². The van der Waals surface area contributed by atoms with E-state index in [1.54, 1.807) is 0 Å². The standard InChI is InChI=1S/C20H34O5/c1-6-8-12-23-17(21)20(18(22)24-13-9-7-2)11-10-14-15(25-14)16(20)19(3,4)5/h14-16H,6-13H2,1-5H3/t14-,15-,16?/m1/s1. The molecular formula is C20H34O5. The minimum Gasteiger partial charge on any atom is -0.465 e. The largest absolute Gasteiger partial charge is 0.465 e. The molecule has 2 rings (SSSR count). The molecular weight excluding hydrogens is 320 g/mol. The lowest BCUT2D eigenvalue weighted by molar-refractivity contribution is -0.184. The summed E-state index contributed by atoms with van der Waals surface area (Å²) in [6.45, 7) is 11.0. The Morgan fingerprint density at radius 2 is 1.56 bits per heavy atom. The Kier molecular flexibility index (Phi) is 6.52. The number of carbonyl (C=O) groups excluding carboxylic acids is 2. The highest BCUT2D eigenvalue weighted by molar-refractivity contribution is 6.01. The maximum Gasteiger partial charge on any atom is 0.323 e. The minimum atomic E-state index is -1.24. The summed E-state index contributed by atoms with van der Waals surface area (Å²) in [6.07, 6.45) is 4.77. The van der Waals surface area contributed by atoms with Crippen molar-refractivity contribution in [3.63, 3.8) is 0 Å². The molecule has 2 aliphatic rings. The van der Waals surface area contributed by atoms with Crippen LogP contribution in [0.4, 0.5) is 0 Å². The molecule has 144 valence electrons. The summed E-state index contributed by atoms with van der Waals surface area (Å²) in [4.78, 5) is 26.2. The van der Waals surface area contributed by atoms with Gasteiger partial charge in [-0.3, -0.25) is 9.59 Å². The second-order valence-electron chi connectivity index (χ2n) is 8.47. The van der Waals surface area contributed by atoms with Crippen LogP contribution in [0.25, 0.3) is 0 Å². The van der Waals surface area contributed by atoms with Crippen molar-refractivity contribution in [2.75, 3.05) is 13.2 Å². The number of esters is 2. The van der Waals surface area contributed by atoms with Gasteiger partial charge in [-0.1, -0.05) is 47.5 Å². The Bertz CT molecular complexity index is 457. The molecule has 1 aliphatic carbocycles. The predicted octanol–water partition coefficient (Wildman–Crippen LogP) is 3.88. The van der Waals surface area contributed by atoms with Crippen LogP contribution < -0.4 is 0 Å². The number of epoxide rings is 1. The van der Waals surface area contributed by atoms with Crippen LogP contribution in [0.3, 0.4) is 0 Å². The molecule has 5 heteroatoms. The molecule has 0 spiro atoms. The minimum absolute atomic E-state index is 0.0498. The Labute approximate surface area is 151 Å². The Balaban J connectivity index is 2.29. The number of ether oxygens (including phenoxy) is 3. The summed E-state index contributed by atoms with van der Waals surface area (Å²) in [6, 6.07) is 0. The quantitative estimate of drug-likeness (QED) is 0.286. The normalized spacial score (nSPS) is 27.3. The van der Waals surface area contributed by atoms with Gasteiger partial charge in [-0.05, 0) is 31.1 Å². The zero-order chi connectivity index (χ0) is 18.7. The molecule has 0 N–H and O–H groups in total. The van der Waals surface area contributed by atoms with Crippen LogP contribution in [-0.4, -0.2) is 37.4 Å². The highest BCUT2D eigenvalue weighted by Gasteiger charge is 2.68. The number of rotatable bonds is 8. The van der Waals surface area contributed by atoms with Gasteiger partial charge in [0.15, 0.2) is 5.41 Å². The van der Waals surface area contributed by atoms with E-state index in [1.807, 2.05) is 13.8 Å². The summed E-state index contributed by atoms with van der Waals surface area (Å²) in [7, 11) is 0. The Morgan fingerprint density at radius 1 is 1.04 bits per heavy atom. The molecule has 0 aromatic rings. The van der Waals surface area contributed by atoms with Crippen molar-refractivity contribution in [3.05, 3.63) is 0 Å². The first-order valence-corrected chi connectivity index (χ1v) is 9.79. The van der Waals surface area contributed by atoms with Gasteiger partial charge in [-0.25, -0.2) is 0 Å². The van der Waals surface area contributed by atoms with Crippen LogP contribution in [0, 0.1) is 16.7 Å². The van der Waals surface area contributed by atoms with Crippen molar-refractivity contribution in [3.8, 4) is 0 Å². The van der Waals surface area contributed by atoms with Gasteiger partial charge >= 0.3 is 11.9 Å². The summed E-state index contributed by atoms with van der Waals surface area (Å²) >= 11 is 0. The fraction of sp³-hybridized carbons (Fsp3) is 0.900. The van der Waals surface area contributed by atoms with Gasteiger partial charge in [0.25, 0.3) is 0 Å². The van der Waals surface area contributed by atoms with E-state index < -0.39 is 17.4 Å². The predicted molar refractivity (Wildman–Crippen MR) is 95.0 cm³/mol. The summed E-state index contributed by atoms with van der Waals surface area (Å²) in [5.41, 5.74) is -1.50. The summed E-state index contributed by atoms with van der Waals surface area (Å²) < 4.78 is 16.9. The lowest BCUT2D eigenvalue weighted by Gasteiger charge is -2.44. The van der Waals surface area contributed by atoms with Gasteiger partial charge in [0.1, 0.15) is 0 Å². The molecule has 1 unspecified atom stereocenters. The lowest BCUT2D eigenvalue weighted by atomic mass is 9.57. The molecule has 0 bridgehead atoms. The Morgan fingerprint density at radius 3 is 2.00 bits per heavy atom. The molecule has 0 aromatic heterocycles. The molecule has 0 radical (unpaired) electrons. The van der Waals surface area contributed by atoms with E-state index >= 15 is 0 Å². The number of hydrogen-bond acceptors (Lipinski definition) is 5. The van der Waals surface area contributed by atoms with E-state index in [0.29, 0.717) is 26.1 Å². The zero-order valence-electron chi connectivity index (χ0n) is 16.4. The van der Waals surface area contributed by atoms with Crippen LogP contribution in [0.1, 0.15) is 73.1 Å². The molecule has 2 fully saturated rings. The molecule has 1 saturated carbocycles. The van der Waals surface area contributed by atoms with E-state index in [9.17, 15) is 9.59 Å². The maximum absolute atomic E-state index is 13.1. The third kappa shape index (κ3) is 4.18. The first-order valence-electron chi connectivity index (χ1n) is 9.79. The molecule has 25 heavy (non-hydrogen) atoms. The topological polar surface area (TPSA) is 65.1 Å². The fourth-order valence-corrected chi connectivity index (χ4v) is 4.14. The number of fused-ring (bicyclic) bond motifs is 1. The van der Waals surface area contributed by atoms with Gasteiger partial charge in [0.2, 0.25) is 0 Å². The van der Waals surface area contributed by atoms with Crippen molar-refractivity contribution in [2.45, 2.75) is 85.4 Å². The highest BCUT2D eigenvalue weighted by atomic mass is 16.6. The molecule has 0 amide bonds. The average molecular weight is 354 g/mol. The van der Waals surface area contributed by atoms with Gasteiger partial charge in [0, 0.05) is 5.92 Å². The Hall–Kier alpha value is -1.10. The van der Waals surface area contributed by atoms with Crippen LogP contribution >= 0.6 is 0 Å². The molecule has 1 heterocycles. The van der Waals surface area contributed by atoms with Crippen LogP contribution in [0.5, 0.6) is 0 Å². The van der Waals surface area contributed by atoms with Gasteiger partial charge in [-0.15, -0.1) is 0 Å². The van der Waals surface area contributed by atoms with E-state index in [1.165, 1.54) is 0 Å². The average Bonchev–Trinajstić information content (AvgIpc) is 3.32. The molecule has 3 atom stereocenters. The van der Waals surface area contributed by atoms with Crippen LogP contribution in [0.15, 0.2) is 0 Å². The number of carbonyl (C=O) groups is 2. The number of hydrogen-bond donors (Lipinski definition) is 0. The van der Waals surface area contributed by atoms with Gasteiger partial charge < -0.3 is 14.2 Å². The number of unbranched alkanes of at least 4 members (excludes halogenated alkanes) is 2. The SMILES string of the molecule is CCCCOC(=O)C1(C(=O)OCCCC)CC[C@H]2O[C@H]2C1C(C)(C)C. The first kappa shape index (κ1) is 20.2. The highest BCUT2D eigenvalue weighted by Crippen LogP contribution is 2.58. The molecule has 5 nitrogen and oxygen atoms in total. The van der Waals surface area contributed by atoms with Crippen molar-refractivity contribution < 1.29 is 23.8 Å². The smallest absolute Gasteiger partial charge is 0.323 e. The monoisotopic (exact) mass is 354 g/mol. The molecule has 0 aromatic carbocycles. The van der Waals surface area contributed by atoms with Crippen molar-refractivity contribution in [1.29, 1.82) is 0 Å².